The van der Waals surface area contributed by atoms with Crippen LogP contribution in [0.2, 0.25) is 0 Å². The van der Waals surface area contributed by atoms with Crippen LogP contribution in [0.15, 0.2) is 12.4 Å². The number of carboxylic acid groups (broad SMARTS) is 1. The standard InChI is InChI=1S/C7H10N2O3/c1-9-4-5(3-8-9)6(10)2-7(11)12/h3-4,6,10H,2H2,1H3,(H,11,12)/t6-/m1/s1. The van der Waals surface area contributed by atoms with Crippen LogP contribution in [0.1, 0.15) is 18.1 Å². The van der Waals surface area contributed by atoms with Crippen molar-refractivity contribution in [3.63, 3.8) is 0 Å². The summed E-state index contributed by atoms with van der Waals surface area (Å²) in [6.07, 6.45) is 1.80. The molecule has 12 heavy (non-hydrogen) atoms. The van der Waals surface area contributed by atoms with Crippen LogP contribution in [0.25, 0.3) is 0 Å². The minimum atomic E-state index is -1.02. The Morgan fingerprint density at radius 2 is 2.50 bits per heavy atom. The monoisotopic (exact) mass is 170 g/mol. The molecule has 1 aromatic rings. The predicted molar refractivity (Wildman–Crippen MR) is 40.4 cm³/mol. The lowest BCUT2D eigenvalue weighted by Gasteiger charge is -2.02. The fourth-order valence-corrected chi connectivity index (χ4v) is 0.895. The van der Waals surface area contributed by atoms with Gasteiger partial charge in [0, 0.05) is 18.8 Å². The molecule has 0 bridgehead atoms. The Bertz CT molecular complexity index is 282. The van der Waals surface area contributed by atoms with Gasteiger partial charge in [-0.2, -0.15) is 5.10 Å². The number of aliphatic hydroxyl groups is 1. The Labute approximate surface area is 69.2 Å². The maximum Gasteiger partial charge on any atom is 0.306 e. The Kier molecular flexibility index (Phi) is 2.44. The van der Waals surface area contributed by atoms with Gasteiger partial charge in [-0.1, -0.05) is 0 Å². The third-order valence-electron chi connectivity index (χ3n) is 1.48. The number of nitrogens with zero attached hydrogens (tertiary/aromatic N) is 2. The SMILES string of the molecule is Cn1cc([C@H](O)CC(=O)O)cn1. The van der Waals surface area contributed by atoms with Crippen LogP contribution in [-0.4, -0.2) is 26.0 Å². The number of rotatable bonds is 3. The Balaban J connectivity index is 2.64. The molecule has 1 aromatic heterocycles. The van der Waals surface area contributed by atoms with Crippen molar-refractivity contribution in [3.8, 4) is 0 Å². The second-order valence-electron chi connectivity index (χ2n) is 2.56. The van der Waals surface area contributed by atoms with E-state index in [1.165, 1.54) is 10.9 Å². The molecule has 0 aliphatic carbocycles. The highest BCUT2D eigenvalue weighted by Crippen LogP contribution is 2.14. The quantitative estimate of drug-likeness (QED) is 0.665. The number of aliphatic carboxylic acids is 1. The van der Waals surface area contributed by atoms with Crippen molar-refractivity contribution < 1.29 is 15.0 Å². The lowest BCUT2D eigenvalue weighted by atomic mass is 10.1. The second-order valence-corrected chi connectivity index (χ2v) is 2.56. The van der Waals surface area contributed by atoms with E-state index in [2.05, 4.69) is 5.10 Å². The Hall–Kier alpha value is -1.36. The largest absolute Gasteiger partial charge is 0.481 e. The number of hydrogen-bond donors (Lipinski definition) is 2. The fourth-order valence-electron chi connectivity index (χ4n) is 0.895. The van der Waals surface area contributed by atoms with E-state index in [0.717, 1.165) is 0 Å². The molecule has 1 rings (SSSR count). The Morgan fingerprint density at radius 1 is 1.83 bits per heavy atom. The van der Waals surface area contributed by atoms with Crippen LogP contribution in [0.5, 0.6) is 0 Å². The lowest BCUT2D eigenvalue weighted by Crippen LogP contribution is -2.04. The number of aromatic nitrogens is 2. The van der Waals surface area contributed by atoms with Crippen molar-refractivity contribution in [1.82, 2.24) is 9.78 Å². The average Bonchev–Trinajstić information content (AvgIpc) is 2.34. The van der Waals surface area contributed by atoms with E-state index >= 15 is 0 Å². The molecule has 0 aliphatic heterocycles. The van der Waals surface area contributed by atoms with Crippen LogP contribution in [0, 0.1) is 0 Å². The first-order valence-corrected chi connectivity index (χ1v) is 3.48. The van der Waals surface area contributed by atoms with Gasteiger partial charge in [-0.05, 0) is 0 Å². The molecular weight excluding hydrogens is 160 g/mol. The molecule has 0 unspecified atom stereocenters. The first-order valence-electron chi connectivity index (χ1n) is 3.48. The molecule has 0 aromatic carbocycles. The van der Waals surface area contributed by atoms with Crippen LogP contribution in [-0.2, 0) is 11.8 Å². The minimum Gasteiger partial charge on any atom is -0.481 e. The smallest absolute Gasteiger partial charge is 0.306 e. The summed E-state index contributed by atoms with van der Waals surface area (Å²) in [5, 5.41) is 21.4. The summed E-state index contributed by atoms with van der Waals surface area (Å²) in [5.41, 5.74) is 0.528. The molecule has 0 aliphatic rings. The normalized spacial score (nSPS) is 12.8. The van der Waals surface area contributed by atoms with Gasteiger partial charge in [0.05, 0.1) is 18.7 Å². The van der Waals surface area contributed by atoms with E-state index in [1.807, 2.05) is 0 Å². The molecule has 0 spiro atoms. The van der Waals surface area contributed by atoms with E-state index in [9.17, 15) is 9.90 Å². The van der Waals surface area contributed by atoms with Crippen molar-refractivity contribution in [2.24, 2.45) is 7.05 Å². The van der Waals surface area contributed by atoms with E-state index in [0.29, 0.717) is 5.56 Å². The second kappa shape index (κ2) is 3.36. The number of carboxylic acids is 1. The zero-order valence-electron chi connectivity index (χ0n) is 6.64. The first-order chi connectivity index (χ1) is 5.59. The zero-order chi connectivity index (χ0) is 9.14. The van der Waals surface area contributed by atoms with E-state index in [4.69, 9.17) is 5.11 Å². The third kappa shape index (κ3) is 2.06. The Morgan fingerprint density at radius 3 is 2.92 bits per heavy atom. The highest BCUT2D eigenvalue weighted by atomic mass is 16.4. The maximum absolute atomic E-state index is 10.2. The molecule has 5 heteroatoms. The molecule has 0 saturated heterocycles. The molecule has 5 nitrogen and oxygen atoms in total. The summed E-state index contributed by atoms with van der Waals surface area (Å²) < 4.78 is 1.51. The molecule has 66 valence electrons. The molecule has 0 radical (unpaired) electrons. The number of hydrogen-bond acceptors (Lipinski definition) is 3. The predicted octanol–water partition coefficient (Wildman–Crippen LogP) is -0.0718. The van der Waals surface area contributed by atoms with Crippen LogP contribution >= 0.6 is 0 Å². The minimum absolute atomic E-state index is 0.286. The summed E-state index contributed by atoms with van der Waals surface area (Å²) in [7, 11) is 1.71. The van der Waals surface area contributed by atoms with E-state index < -0.39 is 12.1 Å². The van der Waals surface area contributed by atoms with Gasteiger partial charge in [0.2, 0.25) is 0 Å². The fraction of sp³-hybridized carbons (Fsp3) is 0.429. The van der Waals surface area contributed by atoms with Gasteiger partial charge in [0.15, 0.2) is 0 Å². The van der Waals surface area contributed by atoms with Gasteiger partial charge < -0.3 is 10.2 Å². The van der Waals surface area contributed by atoms with Gasteiger partial charge in [-0.25, -0.2) is 0 Å². The maximum atomic E-state index is 10.2. The van der Waals surface area contributed by atoms with E-state index in [-0.39, 0.29) is 6.42 Å². The number of aryl methyl sites for hydroxylation is 1. The van der Waals surface area contributed by atoms with E-state index in [1.54, 1.807) is 13.2 Å². The molecule has 1 heterocycles. The van der Waals surface area contributed by atoms with Crippen molar-refractivity contribution in [2.45, 2.75) is 12.5 Å². The lowest BCUT2D eigenvalue weighted by molar-refractivity contribution is -0.139. The van der Waals surface area contributed by atoms with Crippen molar-refractivity contribution in [2.75, 3.05) is 0 Å². The van der Waals surface area contributed by atoms with Crippen LogP contribution < -0.4 is 0 Å². The topological polar surface area (TPSA) is 75.4 Å². The molecule has 1 atom stereocenters. The molecular formula is C7H10N2O3. The molecule has 0 fully saturated rings. The number of aliphatic hydroxyl groups excluding tert-OH is 1. The summed E-state index contributed by atoms with van der Waals surface area (Å²) in [4.78, 5) is 10.2. The number of carbonyl (C=O) groups is 1. The van der Waals surface area contributed by atoms with Gasteiger partial charge in [0.1, 0.15) is 0 Å². The summed E-state index contributed by atoms with van der Waals surface area (Å²) in [5.74, 6) is -1.02. The first kappa shape index (κ1) is 8.73. The highest BCUT2D eigenvalue weighted by Gasteiger charge is 2.12. The average molecular weight is 170 g/mol. The molecule has 0 amide bonds. The zero-order valence-corrected chi connectivity index (χ0v) is 6.64. The van der Waals surface area contributed by atoms with Crippen molar-refractivity contribution in [3.05, 3.63) is 18.0 Å². The third-order valence-corrected chi connectivity index (χ3v) is 1.48. The van der Waals surface area contributed by atoms with Gasteiger partial charge in [0.25, 0.3) is 0 Å². The van der Waals surface area contributed by atoms with Gasteiger partial charge >= 0.3 is 5.97 Å². The summed E-state index contributed by atoms with van der Waals surface area (Å²) >= 11 is 0. The highest BCUT2D eigenvalue weighted by molar-refractivity contribution is 5.67. The van der Waals surface area contributed by atoms with Gasteiger partial charge in [-0.15, -0.1) is 0 Å². The molecule has 0 saturated carbocycles. The van der Waals surface area contributed by atoms with Crippen molar-refractivity contribution in [1.29, 1.82) is 0 Å². The summed E-state index contributed by atoms with van der Waals surface area (Å²) in [6, 6.07) is 0. The summed E-state index contributed by atoms with van der Waals surface area (Å²) in [6.45, 7) is 0. The van der Waals surface area contributed by atoms with Crippen LogP contribution in [0.4, 0.5) is 0 Å². The molecule has 2 N–H and O–H groups in total. The van der Waals surface area contributed by atoms with Gasteiger partial charge in [-0.3, -0.25) is 9.48 Å². The van der Waals surface area contributed by atoms with Crippen LogP contribution in [0.3, 0.4) is 0 Å². The van der Waals surface area contributed by atoms with Crippen molar-refractivity contribution >= 4 is 5.97 Å².